The lowest BCUT2D eigenvalue weighted by molar-refractivity contribution is 0.0529. The van der Waals surface area contributed by atoms with Crippen molar-refractivity contribution in [2.24, 2.45) is 0 Å². The third kappa shape index (κ3) is 2.57. The summed E-state index contributed by atoms with van der Waals surface area (Å²) in [7, 11) is 0. The number of nitrogens with one attached hydrogen (secondary N) is 2. The van der Waals surface area contributed by atoms with Crippen molar-refractivity contribution in [3.8, 4) is 0 Å². The van der Waals surface area contributed by atoms with Crippen molar-refractivity contribution in [3.05, 3.63) is 29.0 Å². The van der Waals surface area contributed by atoms with Gasteiger partial charge in [-0.3, -0.25) is 5.10 Å². The first kappa shape index (κ1) is 13.5. The molecule has 0 aliphatic heterocycles. The second-order valence-electron chi connectivity index (χ2n) is 4.33. The molecule has 2 N–H and O–H groups in total. The van der Waals surface area contributed by atoms with E-state index in [1.54, 1.807) is 12.3 Å². The van der Waals surface area contributed by atoms with Crippen LogP contribution in [-0.2, 0) is 4.74 Å². The number of anilines is 2. The molecule has 3 aromatic heterocycles. The fourth-order valence-electron chi connectivity index (χ4n) is 1.93. The van der Waals surface area contributed by atoms with Crippen molar-refractivity contribution < 1.29 is 9.53 Å². The molecule has 0 amide bonds. The first-order valence-electron chi connectivity index (χ1n) is 6.37. The molecule has 7 nitrogen and oxygen atoms in total. The van der Waals surface area contributed by atoms with Gasteiger partial charge < -0.3 is 10.1 Å². The van der Waals surface area contributed by atoms with Crippen molar-refractivity contribution in [2.45, 2.75) is 13.8 Å². The summed E-state index contributed by atoms with van der Waals surface area (Å²) in [5.74, 6) is 0.795. The van der Waals surface area contributed by atoms with Gasteiger partial charge in [-0.1, -0.05) is 0 Å². The average molecular weight is 303 g/mol. The number of aryl methyl sites for hydroxylation is 1. The summed E-state index contributed by atoms with van der Waals surface area (Å²) in [6, 6.07) is 1.85. The van der Waals surface area contributed by atoms with Gasteiger partial charge in [0.15, 0.2) is 5.82 Å². The number of rotatable bonds is 4. The molecule has 0 aliphatic carbocycles. The zero-order chi connectivity index (χ0) is 14.8. The number of nitrogens with zero attached hydrogens (tertiary/aromatic N) is 3. The molecule has 0 saturated heterocycles. The van der Waals surface area contributed by atoms with Crippen LogP contribution < -0.4 is 5.32 Å². The number of hydrogen-bond acceptors (Lipinski definition) is 7. The van der Waals surface area contributed by atoms with E-state index < -0.39 is 0 Å². The van der Waals surface area contributed by atoms with E-state index in [1.165, 1.54) is 17.7 Å². The Bertz CT molecular complexity index is 795. The van der Waals surface area contributed by atoms with E-state index in [0.717, 1.165) is 10.5 Å². The van der Waals surface area contributed by atoms with Crippen molar-refractivity contribution in [3.63, 3.8) is 0 Å². The second-order valence-corrected chi connectivity index (χ2v) is 5.19. The Morgan fingerprint density at radius 1 is 1.48 bits per heavy atom. The Labute approximate surface area is 124 Å². The topological polar surface area (TPSA) is 92.8 Å². The van der Waals surface area contributed by atoms with Crippen LogP contribution in [0.5, 0.6) is 0 Å². The summed E-state index contributed by atoms with van der Waals surface area (Å²) < 4.78 is 5.07. The van der Waals surface area contributed by atoms with E-state index in [1.807, 2.05) is 13.0 Å². The summed E-state index contributed by atoms with van der Waals surface area (Å²) in [6.45, 7) is 4.00. The third-order valence-corrected chi connectivity index (χ3v) is 3.70. The van der Waals surface area contributed by atoms with Gasteiger partial charge in [0.25, 0.3) is 0 Å². The molecule has 0 bridgehead atoms. The Morgan fingerprint density at radius 3 is 3.05 bits per heavy atom. The van der Waals surface area contributed by atoms with Gasteiger partial charge in [-0.2, -0.15) is 5.10 Å². The molecule has 3 heterocycles. The van der Waals surface area contributed by atoms with Gasteiger partial charge in [0.05, 0.1) is 17.6 Å². The molecule has 3 rings (SSSR count). The molecular formula is C13H13N5O2S. The SMILES string of the molecule is CCOC(=O)c1csc2ncnc(Nc3cc(C)[nH]n3)c12. The number of aromatic nitrogens is 4. The number of fused-ring (bicyclic) bond motifs is 1. The van der Waals surface area contributed by atoms with Gasteiger partial charge in [-0.25, -0.2) is 14.8 Å². The molecule has 0 aromatic carbocycles. The fraction of sp³-hybridized carbons (Fsp3) is 0.231. The molecule has 8 heteroatoms. The van der Waals surface area contributed by atoms with E-state index in [9.17, 15) is 4.79 Å². The number of carbonyl (C=O) groups is 1. The summed E-state index contributed by atoms with van der Waals surface area (Å²) in [5, 5.41) is 12.4. The van der Waals surface area contributed by atoms with Crippen LogP contribution in [-0.4, -0.2) is 32.7 Å². The quantitative estimate of drug-likeness (QED) is 0.720. The summed E-state index contributed by atoms with van der Waals surface area (Å²) in [4.78, 5) is 21.1. The highest BCUT2D eigenvalue weighted by atomic mass is 32.1. The average Bonchev–Trinajstić information content (AvgIpc) is 3.06. The maximum Gasteiger partial charge on any atom is 0.339 e. The van der Waals surface area contributed by atoms with Crippen LogP contribution in [0.3, 0.4) is 0 Å². The van der Waals surface area contributed by atoms with E-state index in [4.69, 9.17) is 4.74 Å². The summed E-state index contributed by atoms with van der Waals surface area (Å²) in [6.07, 6.45) is 1.45. The minimum absolute atomic E-state index is 0.325. The number of carbonyl (C=O) groups excluding carboxylic acids is 1. The lowest BCUT2D eigenvalue weighted by atomic mass is 10.2. The molecule has 0 fully saturated rings. The summed E-state index contributed by atoms with van der Waals surface area (Å²) >= 11 is 1.38. The third-order valence-electron chi connectivity index (χ3n) is 2.82. The molecule has 21 heavy (non-hydrogen) atoms. The molecule has 0 radical (unpaired) electrons. The zero-order valence-electron chi connectivity index (χ0n) is 11.5. The van der Waals surface area contributed by atoms with Crippen molar-refractivity contribution >= 4 is 39.2 Å². The molecule has 0 unspecified atom stereocenters. The zero-order valence-corrected chi connectivity index (χ0v) is 12.3. The smallest absolute Gasteiger partial charge is 0.339 e. The molecule has 0 aliphatic rings. The molecule has 0 atom stereocenters. The Kier molecular flexibility index (Phi) is 3.53. The van der Waals surface area contributed by atoms with Crippen LogP contribution in [0.1, 0.15) is 23.0 Å². The minimum atomic E-state index is -0.375. The number of ether oxygens (including phenoxy) is 1. The molecular weight excluding hydrogens is 290 g/mol. The van der Waals surface area contributed by atoms with Crippen molar-refractivity contribution in [1.29, 1.82) is 0 Å². The maximum absolute atomic E-state index is 12.0. The van der Waals surface area contributed by atoms with Crippen LogP contribution in [0.4, 0.5) is 11.6 Å². The standard InChI is InChI=1S/C13H13N5O2S/c1-3-20-13(19)8-5-21-12-10(8)11(14-6-15-12)16-9-4-7(2)17-18-9/h4-6H,3H2,1-2H3,(H2,14,15,16,17,18). The molecule has 0 spiro atoms. The highest BCUT2D eigenvalue weighted by molar-refractivity contribution is 7.17. The van der Waals surface area contributed by atoms with Gasteiger partial charge >= 0.3 is 5.97 Å². The van der Waals surface area contributed by atoms with Crippen LogP contribution in [0.2, 0.25) is 0 Å². The van der Waals surface area contributed by atoms with Crippen molar-refractivity contribution in [2.75, 3.05) is 11.9 Å². The van der Waals surface area contributed by atoms with Crippen LogP contribution in [0.25, 0.3) is 10.2 Å². The first-order valence-corrected chi connectivity index (χ1v) is 7.25. The molecule has 0 saturated carbocycles. The highest BCUT2D eigenvalue weighted by Gasteiger charge is 2.18. The number of hydrogen-bond donors (Lipinski definition) is 2. The molecule has 3 aromatic rings. The largest absolute Gasteiger partial charge is 0.462 e. The highest BCUT2D eigenvalue weighted by Crippen LogP contribution is 2.31. The molecule has 108 valence electrons. The number of thiophene rings is 1. The van der Waals surface area contributed by atoms with Gasteiger partial charge in [-0.05, 0) is 13.8 Å². The summed E-state index contributed by atoms with van der Waals surface area (Å²) in [5.41, 5.74) is 1.39. The number of esters is 1. The van der Waals surface area contributed by atoms with E-state index in [0.29, 0.717) is 29.2 Å². The predicted molar refractivity (Wildman–Crippen MR) is 80.0 cm³/mol. The van der Waals surface area contributed by atoms with E-state index >= 15 is 0 Å². The van der Waals surface area contributed by atoms with Crippen LogP contribution >= 0.6 is 11.3 Å². The van der Waals surface area contributed by atoms with Gasteiger partial charge in [-0.15, -0.1) is 11.3 Å². The number of H-pyrrole nitrogens is 1. The Hall–Kier alpha value is -2.48. The van der Waals surface area contributed by atoms with Gasteiger partial charge in [0.1, 0.15) is 17.0 Å². The Balaban J connectivity index is 2.05. The van der Waals surface area contributed by atoms with E-state index in [-0.39, 0.29) is 5.97 Å². The minimum Gasteiger partial charge on any atom is -0.462 e. The lowest BCUT2D eigenvalue weighted by Gasteiger charge is -2.05. The maximum atomic E-state index is 12.0. The van der Waals surface area contributed by atoms with Gasteiger partial charge in [0, 0.05) is 17.1 Å². The van der Waals surface area contributed by atoms with Crippen molar-refractivity contribution in [1.82, 2.24) is 20.2 Å². The van der Waals surface area contributed by atoms with Crippen LogP contribution in [0, 0.1) is 6.92 Å². The lowest BCUT2D eigenvalue weighted by Crippen LogP contribution is -2.05. The fourth-order valence-corrected chi connectivity index (χ4v) is 2.81. The van der Waals surface area contributed by atoms with Gasteiger partial charge in [0.2, 0.25) is 0 Å². The first-order chi connectivity index (χ1) is 10.2. The second kappa shape index (κ2) is 5.49. The Morgan fingerprint density at radius 2 is 2.33 bits per heavy atom. The monoisotopic (exact) mass is 303 g/mol. The van der Waals surface area contributed by atoms with E-state index in [2.05, 4.69) is 25.5 Å². The predicted octanol–water partition coefficient (Wildman–Crippen LogP) is 2.64. The normalized spacial score (nSPS) is 10.8. The van der Waals surface area contributed by atoms with Crippen LogP contribution in [0.15, 0.2) is 17.8 Å². The number of aromatic amines is 1.